The zero-order chi connectivity index (χ0) is 15.4. The molecule has 0 spiro atoms. The van der Waals surface area contributed by atoms with Crippen molar-refractivity contribution >= 4 is 17.7 Å². The van der Waals surface area contributed by atoms with Crippen molar-refractivity contribution in [3.63, 3.8) is 0 Å². The van der Waals surface area contributed by atoms with Crippen molar-refractivity contribution in [2.45, 2.75) is 24.8 Å². The highest BCUT2D eigenvalue weighted by Gasteiger charge is 2.11. The quantitative estimate of drug-likeness (QED) is 0.676. The number of ether oxygens (including phenoxy) is 1. The summed E-state index contributed by atoms with van der Waals surface area (Å²) in [5.41, 5.74) is 2.99. The van der Waals surface area contributed by atoms with Crippen molar-refractivity contribution in [3.8, 4) is 5.75 Å². The van der Waals surface area contributed by atoms with E-state index in [9.17, 15) is 4.79 Å². The van der Waals surface area contributed by atoms with Crippen molar-refractivity contribution in [2.75, 3.05) is 7.11 Å². The van der Waals surface area contributed by atoms with Crippen molar-refractivity contribution in [2.24, 2.45) is 0 Å². The number of aromatic nitrogens is 2. The topological polar surface area (TPSA) is 72.3 Å². The van der Waals surface area contributed by atoms with Crippen LogP contribution < -0.4 is 4.74 Å². The summed E-state index contributed by atoms with van der Waals surface area (Å²) in [6, 6.07) is 6.99. The van der Waals surface area contributed by atoms with Gasteiger partial charge in [0.15, 0.2) is 5.16 Å². The van der Waals surface area contributed by atoms with Crippen LogP contribution in [0.4, 0.5) is 0 Å². The molecule has 110 valence electrons. The Kier molecular flexibility index (Phi) is 4.80. The molecule has 0 aliphatic carbocycles. The van der Waals surface area contributed by atoms with E-state index in [1.165, 1.54) is 18.9 Å². The van der Waals surface area contributed by atoms with Crippen LogP contribution in [-0.4, -0.2) is 28.2 Å². The summed E-state index contributed by atoms with van der Waals surface area (Å²) in [7, 11) is 1.46. The second-order valence-electron chi connectivity index (χ2n) is 4.56. The molecule has 0 fully saturated rings. The molecular formula is C15H16N2O3S. The van der Waals surface area contributed by atoms with Crippen LogP contribution in [-0.2, 0) is 5.75 Å². The average Bonchev–Trinajstić information content (AvgIpc) is 2.43. The lowest BCUT2D eigenvalue weighted by atomic mass is 10.1. The number of hydrogen-bond acceptors (Lipinski definition) is 5. The third kappa shape index (κ3) is 3.95. The summed E-state index contributed by atoms with van der Waals surface area (Å²) in [6.45, 7) is 3.87. The number of aromatic carboxylic acids is 1. The van der Waals surface area contributed by atoms with Gasteiger partial charge in [0.25, 0.3) is 0 Å². The number of carboxylic acid groups (broad SMARTS) is 1. The number of hydrogen-bond donors (Lipinski definition) is 1. The van der Waals surface area contributed by atoms with E-state index in [1.54, 1.807) is 18.2 Å². The number of carboxylic acids is 1. The largest absolute Gasteiger partial charge is 0.496 e. The van der Waals surface area contributed by atoms with E-state index >= 15 is 0 Å². The van der Waals surface area contributed by atoms with Gasteiger partial charge >= 0.3 is 5.97 Å². The second kappa shape index (κ2) is 6.58. The van der Waals surface area contributed by atoms with Gasteiger partial charge in [0.2, 0.25) is 0 Å². The second-order valence-corrected chi connectivity index (χ2v) is 5.50. The maximum absolute atomic E-state index is 11.0. The molecule has 6 heteroatoms. The number of nitrogens with zero attached hydrogens (tertiary/aromatic N) is 2. The molecule has 1 aromatic carbocycles. The predicted molar refractivity (Wildman–Crippen MR) is 81.0 cm³/mol. The molecule has 1 N–H and O–H groups in total. The first kappa shape index (κ1) is 15.3. The van der Waals surface area contributed by atoms with E-state index in [1.807, 2.05) is 19.9 Å². The lowest BCUT2D eigenvalue weighted by Gasteiger charge is -2.08. The van der Waals surface area contributed by atoms with Crippen molar-refractivity contribution in [1.82, 2.24) is 9.97 Å². The Labute approximate surface area is 127 Å². The van der Waals surface area contributed by atoms with Gasteiger partial charge in [-0.1, -0.05) is 17.8 Å². The highest BCUT2D eigenvalue weighted by molar-refractivity contribution is 7.98. The lowest BCUT2D eigenvalue weighted by Crippen LogP contribution is -2.01. The molecule has 21 heavy (non-hydrogen) atoms. The van der Waals surface area contributed by atoms with Gasteiger partial charge in [-0.05, 0) is 37.6 Å². The van der Waals surface area contributed by atoms with Crippen molar-refractivity contribution in [3.05, 3.63) is 46.8 Å². The summed E-state index contributed by atoms with van der Waals surface area (Å²) < 4.78 is 5.12. The van der Waals surface area contributed by atoms with Crippen molar-refractivity contribution in [1.29, 1.82) is 0 Å². The minimum atomic E-state index is -0.997. The molecule has 0 atom stereocenters. The number of benzene rings is 1. The lowest BCUT2D eigenvalue weighted by molar-refractivity contribution is 0.0693. The van der Waals surface area contributed by atoms with Crippen LogP contribution in [0.5, 0.6) is 5.75 Å². The van der Waals surface area contributed by atoms with Crippen LogP contribution in [0.1, 0.15) is 27.3 Å². The van der Waals surface area contributed by atoms with Gasteiger partial charge in [-0.2, -0.15) is 0 Å². The van der Waals surface area contributed by atoms with E-state index in [0.717, 1.165) is 17.0 Å². The molecule has 1 heterocycles. The maximum atomic E-state index is 11.0. The maximum Gasteiger partial charge on any atom is 0.339 e. The van der Waals surface area contributed by atoms with Crippen LogP contribution in [0.25, 0.3) is 0 Å². The Bertz CT molecular complexity index is 654. The molecule has 0 aliphatic rings. The van der Waals surface area contributed by atoms with Gasteiger partial charge in [-0.15, -0.1) is 0 Å². The van der Waals surface area contributed by atoms with Gasteiger partial charge in [0.05, 0.1) is 7.11 Å². The van der Waals surface area contributed by atoms with Gasteiger partial charge in [-0.25, -0.2) is 14.8 Å². The van der Waals surface area contributed by atoms with E-state index < -0.39 is 5.97 Å². The molecule has 0 aliphatic heterocycles. The van der Waals surface area contributed by atoms with Crippen molar-refractivity contribution < 1.29 is 14.6 Å². The average molecular weight is 304 g/mol. The zero-order valence-electron chi connectivity index (χ0n) is 12.1. The zero-order valence-corrected chi connectivity index (χ0v) is 12.9. The highest BCUT2D eigenvalue weighted by Crippen LogP contribution is 2.25. The Hall–Kier alpha value is -2.08. The van der Waals surface area contributed by atoms with Crippen LogP contribution >= 0.6 is 11.8 Å². The number of rotatable bonds is 5. The van der Waals surface area contributed by atoms with Gasteiger partial charge < -0.3 is 9.84 Å². The summed E-state index contributed by atoms with van der Waals surface area (Å²) in [5.74, 6) is 0.0183. The fourth-order valence-corrected chi connectivity index (χ4v) is 2.80. The highest BCUT2D eigenvalue weighted by atomic mass is 32.2. The standard InChI is InChI=1S/C15H16N2O3S/c1-9-6-10(2)17-15(16-9)21-8-11-4-5-12(14(18)19)13(7-11)20-3/h4-7H,8H2,1-3H3,(H,18,19). The molecule has 2 aromatic rings. The fourth-order valence-electron chi connectivity index (χ4n) is 1.91. The summed E-state index contributed by atoms with van der Waals surface area (Å²) in [4.78, 5) is 19.8. The molecule has 0 unspecified atom stereocenters. The molecule has 0 saturated carbocycles. The first-order valence-corrected chi connectivity index (χ1v) is 7.33. The number of thioether (sulfide) groups is 1. The molecule has 2 rings (SSSR count). The molecule has 0 saturated heterocycles. The van der Waals surface area contributed by atoms with Crippen LogP contribution in [0.15, 0.2) is 29.4 Å². The summed E-state index contributed by atoms with van der Waals surface area (Å²) in [5, 5.41) is 9.77. The minimum absolute atomic E-state index is 0.161. The Morgan fingerprint density at radius 1 is 1.24 bits per heavy atom. The van der Waals surface area contributed by atoms with E-state index in [4.69, 9.17) is 9.84 Å². The van der Waals surface area contributed by atoms with Crippen LogP contribution in [0.2, 0.25) is 0 Å². The normalized spacial score (nSPS) is 10.4. The molecular weight excluding hydrogens is 288 g/mol. The first-order chi connectivity index (χ1) is 9.99. The third-order valence-corrected chi connectivity index (χ3v) is 3.74. The molecule has 5 nitrogen and oxygen atoms in total. The number of carbonyl (C=O) groups is 1. The van der Waals surface area contributed by atoms with Gasteiger partial charge in [-0.3, -0.25) is 0 Å². The van der Waals surface area contributed by atoms with E-state index in [0.29, 0.717) is 16.7 Å². The van der Waals surface area contributed by atoms with Crippen LogP contribution in [0.3, 0.4) is 0 Å². The van der Waals surface area contributed by atoms with Gasteiger partial charge in [0.1, 0.15) is 11.3 Å². The number of methoxy groups -OCH3 is 1. The van der Waals surface area contributed by atoms with E-state index in [-0.39, 0.29) is 5.56 Å². The van der Waals surface area contributed by atoms with Crippen LogP contribution in [0, 0.1) is 13.8 Å². The van der Waals surface area contributed by atoms with E-state index in [2.05, 4.69) is 9.97 Å². The monoisotopic (exact) mass is 304 g/mol. The SMILES string of the molecule is COc1cc(CSc2nc(C)cc(C)n2)ccc1C(=O)O. The number of aryl methyl sites for hydroxylation is 2. The summed E-state index contributed by atoms with van der Waals surface area (Å²) >= 11 is 1.51. The third-order valence-electron chi connectivity index (χ3n) is 2.83. The predicted octanol–water partition coefficient (Wildman–Crippen LogP) is 3.09. The summed E-state index contributed by atoms with van der Waals surface area (Å²) in [6.07, 6.45) is 0. The Morgan fingerprint density at radius 3 is 2.48 bits per heavy atom. The molecule has 0 radical (unpaired) electrons. The first-order valence-electron chi connectivity index (χ1n) is 6.35. The Balaban J connectivity index is 2.14. The smallest absolute Gasteiger partial charge is 0.339 e. The Morgan fingerprint density at radius 2 is 1.90 bits per heavy atom. The molecule has 0 amide bonds. The fraction of sp³-hybridized carbons (Fsp3) is 0.267. The van der Waals surface area contributed by atoms with Gasteiger partial charge in [0, 0.05) is 17.1 Å². The minimum Gasteiger partial charge on any atom is -0.496 e. The molecule has 1 aromatic heterocycles. The molecule has 0 bridgehead atoms.